The third-order valence-electron chi connectivity index (χ3n) is 3.08. The molecule has 0 unspecified atom stereocenters. The van der Waals surface area contributed by atoms with Gasteiger partial charge in [-0.05, 0) is 65.4 Å². The van der Waals surface area contributed by atoms with Gasteiger partial charge in [-0.3, -0.25) is 0 Å². The lowest BCUT2D eigenvalue weighted by atomic mass is 10.2. The van der Waals surface area contributed by atoms with Gasteiger partial charge in [0.1, 0.15) is 0 Å². The maximum absolute atomic E-state index is 12.1. The summed E-state index contributed by atoms with van der Waals surface area (Å²) < 4.78 is 11.5. The number of rotatable bonds is 4. The van der Waals surface area contributed by atoms with Crippen molar-refractivity contribution >= 4 is 40.0 Å². The molecule has 0 fully saturated rings. The second-order valence-corrected chi connectivity index (χ2v) is 5.85. The van der Waals surface area contributed by atoms with E-state index in [9.17, 15) is 4.79 Å². The fourth-order valence-corrected chi connectivity index (χ4v) is 2.61. The molecule has 0 aliphatic heterocycles. The van der Waals surface area contributed by atoms with Crippen molar-refractivity contribution in [1.29, 1.82) is 0 Å². The number of ether oxygens (including phenoxy) is 2. The van der Waals surface area contributed by atoms with Crippen molar-refractivity contribution in [2.45, 2.75) is 6.92 Å². The second-order valence-electron chi connectivity index (χ2n) is 4.61. The molecule has 0 aliphatic rings. The Bertz CT molecular complexity index is 689. The molecule has 2 rings (SSSR count). The van der Waals surface area contributed by atoms with Crippen LogP contribution < -0.4 is 20.1 Å². The van der Waals surface area contributed by atoms with Crippen molar-refractivity contribution in [2.24, 2.45) is 0 Å². The molecule has 0 spiro atoms. The van der Waals surface area contributed by atoms with Gasteiger partial charge in [-0.1, -0.05) is 0 Å². The maximum atomic E-state index is 12.1. The molecule has 0 heterocycles. The zero-order valence-corrected chi connectivity index (χ0v) is 14.7. The summed E-state index contributed by atoms with van der Waals surface area (Å²) >= 11 is 2.23. The highest BCUT2D eigenvalue weighted by atomic mass is 127. The van der Waals surface area contributed by atoms with Gasteiger partial charge in [-0.25, -0.2) is 4.79 Å². The first-order valence-corrected chi connectivity index (χ1v) is 7.67. The van der Waals surface area contributed by atoms with E-state index in [4.69, 9.17) is 9.47 Å². The van der Waals surface area contributed by atoms with Gasteiger partial charge < -0.3 is 20.1 Å². The van der Waals surface area contributed by atoms with E-state index in [0.29, 0.717) is 17.2 Å². The summed E-state index contributed by atoms with van der Waals surface area (Å²) in [7, 11) is 3.12. The summed E-state index contributed by atoms with van der Waals surface area (Å²) in [5, 5.41) is 5.60. The predicted octanol–water partition coefficient (Wildman–Crippen LogP) is 4.26. The highest BCUT2D eigenvalue weighted by molar-refractivity contribution is 14.1. The van der Waals surface area contributed by atoms with Crippen LogP contribution in [0.1, 0.15) is 5.56 Å². The number of nitrogens with one attached hydrogen (secondary N) is 2. The van der Waals surface area contributed by atoms with Crippen LogP contribution in [-0.2, 0) is 0 Å². The number of hydrogen-bond acceptors (Lipinski definition) is 3. The summed E-state index contributed by atoms with van der Waals surface area (Å²) in [5.74, 6) is 1.17. The lowest BCUT2D eigenvalue weighted by Crippen LogP contribution is -2.20. The highest BCUT2D eigenvalue weighted by Crippen LogP contribution is 2.29. The summed E-state index contributed by atoms with van der Waals surface area (Å²) in [4.78, 5) is 12.1. The van der Waals surface area contributed by atoms with Crippen LogP contribution in [0.3, 0.4) is 0 Å². The average molecular weight is 412 g/mol. The minimum Gasteiger partial charge on any atom is -0.493 e. The van der Waals surface area contributed by atoms with E-state index in [1.807, 2.05) is 25.1 Å². The van der Waals surface area contributed by atoms with E-state index < -0.39 is 0 Å². The van der Waals surface area contributed by atoms with Crippen molar-refractivity contribution in [1.82, 2.24) is 0 Å². The molecule has 2 amide bonds. The quantitative estimate of drug-likeness (QED) is 0.738. The average Bonchev–Trinajstić information content (AvgIpc) is 2.50. The first-order chi connectivity index (χ1) is 10.5. The van der Waals surface area contributed by atoms with Gasteiger partial charge in [0, 0.05) is 21.0 Å². The van der Waals surface area contributed by atoms with Crippen LogP contribution in [0.25, 0.3) is 0 Å². The zero-order valence-electron chi connectivity index (χ0n) is 12.6. The smallest absolute Gasteiger partial charge is 0.323 e. The van der Waals surface area contributed by atoms with Crippen molar-refractivity contribution in [3.8, 4) is 11.5 Å². The number of hydrogen-bond donors (Lipinski definition) is 2. The first-order valence-electron chi connectivity index (χ1n) is 6.59. The van der Waals surface area contributed by atoms with Gasteiger partial charge in [0.2, 0.25) is 0 Å². The molecule has 0 bridgehead atoms. The Morgan fingerprint density at radius 2 is 1.73 bits per heavy atom. The number of halogens is 1. The Labute approximate surface area is 143 Å². The minimum absolute atomic E-state index is 0.309. The molecular weight excluding hydrogens is 395 g/mol. The van der Waals surface area contributed by atoms with Crippen LogP contribution >= 0.6 is 22.6 Å². The van der Waals surface area contributed by atoms with Crippen LogP contribution in [0.4, 0.5) is 16.2 Å². The molecule has 2 N–H and O–H groups in total. The largest absolute Gasteiger partial charge is 0.493 e. The lowest BCUT2D eigenvalue weighted by Gasteiger charge is -2.12. The molecule has 5 nitrogen and oxygen atoms in total. The summed E-state index contributed by atoms with van der Waals surface area (Å²) in [5.41, 5.74) is 2.41. The van der Waals surface area contributed by atoms with E-state index in [2.05, 4.69) is 33.2 Å². The number of aryl methyl sites for hydroxylation is 1. The number of anilines is 2. The van der Waals surface area contributed by atoms with Gasteiger partial charge in [0.25, 0.3) is 0 Å². The molecule has 2 aromatic carbocycles. The molecule has 0 radical (unpaired) electrons. The Kier molecular flexibility index (Phi) is 5.48. The Morgan fingerprint density at radius 3 is 2.36 bits per heavy atom. The lowest BCUT2D eigenvalue weighted by molar-refractivity contribution is 0.262. The molecule has 0 aromatic heterocycles. The normalized spacial score (nSPS) is 10.0. The van der Waals surface area contributed by atoms with Crippen molar-refractivity contribution in [3.05, 3.63) is 45.5 Å². The molecule has 116 valence electrons. The Hall–Kier alpha value is -1.96. The first kappa shape index (κ1) is 16.4. The molecule has 0 aliphatic carbocycles. The molecule has 2 aromatic rings. The van der Waals surface area contributed by atoms with Crippen molar-refractivity contribution in [3.63, 3.8) is 0 Å². The van der Waals surface area contributed by atoms with Gasteiger partial charge in [-0.15, -0.1) is 0 Å². The summed E-state index contributed by atoms with van der Waals surface area (Å²) in [6, 6.07) is 10.7. The predicted molar refractivity (Wildman–Crippen MR) is 96.1 cm³/mol. The van der Waals surface area contributed by atoms with Gasteiger partial charge in [0.05, 0.1) is 14.2 Å². The number of amides is 2. The minimum atomic E-state index is -0.309. The third kappa shape index (κ3) is 4.03. The molecule has 0 saturated carbocycles. The van der Waals surface area contributed by atoms with Crippen LogP contribution in [-0.4, -0.2) is 20.3 Å². The van der Waals surface area contributed by atoms with Gasteiger partial charge in [0.15, 0.2) is 11.5 Å². The second kappa shape index (κ2) is 7.35. The van der Waals surface area contributed by atoms with Crippen molar-refractivity contribution in [2.75, 3.05) is 24.9 Å². The van der Waals surface area contributed by atoms with Crippen LogP contribution in [0.2, 0.25) is 0 Å². The fraction of sp³-hybridized carbons (Fsp3) is 0.188. The van der Waals surface area contributed by atoms with Crippen LogP contribution in [0.5, 0.6) is 11.5 Å². The number of carbonyl (C=O) groups excluding carboxylic acids is 1. The summed E-state index contributed by atoms with van der Waals surface area (Å²) in [6.07, 6.45) is 0. The van der Waals surface area contributed by atoms with E-state index >= 15 is 0 Å². The van der Waals surface area contributed by atoms with Gasteiger partial charge >= 0.3 is 6.03 Å². The SMILES string of the molecule is COc1ccc(NC(=O)Nc2ccc(I)cc2C)cc1OC. The van der Waals surface area contributed by atoms with E-state index in [-0.39, 0.29) is 6.03 Å². The standard InChI is InChI=1S/C16H17IN2O3/c1-10-8-11(17)4-6-13(10)19-16(20)18-12-5-7-14(21-2)15(9-12)22-3/h4-9H,1-3H3,(H2,18,19,20). The maximum Gasteiger partial charge on any atom is 0.323 e. The zero-order chi connectivity index (χ0) is 16.1. The number of methoxy groups -OCH3 is 2. The topological polar surface area (TPSA) is 59.6 Å². The molecular formula is C16H17IN2O3. The molecule has 6 heteroatoms. The number of urea groups is 1. The Balaban J connectivity index is 2.08. The van der Waals surface area contributed by atoms with Crippen LogP contribution in [0.15, 0.2) is 36.4 Å². The van der Waals surface area contributed by atoms with E-state index in [1.165, 1.54) is 0 Å². The number of benzene rings is 2. The molecule has 0 saturated heterocycles. The highest BCUT2D eigenvalue weighted by Gasteiger charge is 2.08. The monoisotopic (exact) mass is 412 g/mol. The van der Waals surface area contributed by atoms with Crippen molar-refractivity contribution < 1.29 is 14.3 Å². The molecule has 0 atom stereocenters. The van der Waals surface area contributed by atoms with E-state index in [0.717, 1.165) is 14.8 Å². The van der Waals surface area contributed by atoms with Crippen LogP contribution in [0, 0.1) is 10.5 Å². The third-order valence-corrected chi connectivity index (χ3v) is 3.75. The molecule has 22 heavy (non-hydrogen) atoms. The summed E-state index contributed by atoms with van der Waals surface area (Å²) in [6.45, 7) is 1.95. The fourth-order valence-electron chi connectivity index (χ4n) is 1.97. The Morgan fingerprint density at radius 1 is 1.00 bits per heavy atom. The number of carbonyl (C=O) groups is 1. The van der Waals surface area contributed by atoms with Gasteiger partial charge in [-0.2, -0.15) is 0 Å². The van der Waals surface area contributed by atoms with E-state index in [1.54, 1.807) is 32.4 Å².